The number of rotatable bonds is 1. The molecule has 0 amide bonds. The molecule has 0 spiro atoms. The maximum absolute atomic E-state index is 4.43. The molecule has 4 rings (SSSR count). The van der Waals surface area contributed by atoms with Gasteiger partial charge >= 0.3 is 0 Å². The monoisotopic (exact) mass is 235 g/mol. The van der Waals surface area contributed by atoms with Crippen molar-refractivity contribution in [3.63, 3.8) is 0 Å². The lowest BCUT2D eigenvalue weighted by molar-refractivity contribution is 0.918. The van der Waals surface area contributed by atoms with Crippen LogP contribution < -0.4 is 0 Å². The molecule has 3 aromatic heterocycles. The fourth-order valence-corrected chi connectivity index (χ4v) is 2.16. The van der Waals surface area contributed by atoms with Crippen molar-refractivity contribution in [3.05, 3.63) is 55.2 Å². The van der Waals surface area contributed by atoms with Gasteiger partial charge in [0, 0.05) is 12.4 Å². The zero-order valence-corrected chi connectivity index (χ0v) is 9.43. The van der Waals surface area contributed by atoms with Crippen molar-refractivity contribution in [1.82, 2.24) is 24.1 Å². The molecule has 0 atom stereocenters. The molecule has 0 unspecified atom stereocenters. The van der Waals surface area contributed by atoms with Crippen LogP contribution >= 0.6 is 0 Å². The number of nitrogens with zero attached hydrogens (tertiary/aromatic N) is 5. The van der Waals surface area contributed by atoms with E-state index in [0.717, 1.165) is 22.4 Å². The Balaban J connectivity index is 2.10. The number of hydrogen-bond acceptors (Lipinski definition) is 3. The molecule has 0 N–H and O–H groups in total. The van der Waals surface area contributed by atoms with Crippen LogP contribution in [0.3, 0.4) is 0 Å². The van der Waals surface area contributed by atoms with Gasteiger partial charge in [-0.15, -0.1) is 0 Å². The van der Waals surface area contributed by atoms with Crippen LogP contribution in [0.2, 0.25) is 0 Å². The molecule has 3 heterocycles. The van der Waals surface area contributed by atoms with E-state index >= 15 is 0 Å². The summed E-state index contributed by atoms with van der Waals surface area (Å²) >= 11 is 0. The zero-order valence-electron chi connectivity index (χ0n) is 9.43. The third-order valence-corrected chi connectivity index (χ3v) is 2.99. The van der Waals surface area contributed by atoms with Gasteiger partial charge in [-0.3, -0.25) is 4.57 Å². The first kappa shape index (κ1) is 9.35. The van der Waals surface area contributed by atoms with Gasteiger partial charge in [-0.2, -0.15) is 5.10 Å². The molecule has 0 saturated heterocycles. The minimum atomic E-state index is 0.837. The zero-order chi connectivity index (χ0) is 11.9. The van der Waals surface area contributed by atoms with Crippen LogP contribution in [0.5, 0.6) is 0 Å². The van der Waals surface area contributed by atoms with E-state index in [1.54, 1.807) is 23.2 Å². The molecule has 0 saturated carbocycles. The van der Waals surface area contributed by atoms with Gasteiger partial charge < -0.3 is 0 Å². The van der Waals surface area contributed by atoms with E-state index in [1.165, 1.54) is 0 Å². The summed E-state index contributed by atoms with van der Waals surface area (Å²) in [7, 11) is 0. The Bertz CT molecular complexity index is 842. The Morgan fingerprint density at radius 1 is 0.889 bits per heavy atom. The fourth-order valence-electron chi connectivity index (χ4n) is 2.16. The first-order chi connectivity index (χ1) is 8.93. The van der Waals surface area contributed by atoms with E-state index in [0.29, 0.717) is 0 Å². The number of imidazole rings is 1. The highest BCUT2D eigenvalue weighted by Gasteiger charge is 2.08. The molecule has 1 aromatic carbocycles. The highest BCUT2D eigenvalue weighted by molar-refractivity contribution is 5.78. The second kappa shape index (κ2) is 3.40. The Labute approximate surface area is 102 Å². The van der Waals surface area contributed by atoms with Crippen LogP contribution in [0.15, 0.2) is 55.2 Å². The van der Waals surface area contributed by atoms with E-state index in [2.05, 4.69) is 15.1 Å². The lowest BCUT2D eigenvalue weighted by Gasteiger charge is -2.04. The Hall–Kier alpha value is -2.69. The highest BCUT2D eigenvalue weighted by Crippen LogP contribution is 2.19. The minimum Gasteiger partial charge on any atom is -0.281 e. The number of hydrogen-bond donors (Lipinski definition) is 0. The van der Waals surface area contributed by atoms with Gasteiger partial charge in [0.2, 0.25) is 0 Å². The fraction of sp³-hybridized carbons (Fsp3) is 0. The van der Waals surface area contributed by atoms with E-state index < -0.39 is 0 Å². The summed E-state index contributed by atoms with van der Waals surface area (Å²) in [6, 6.07) is 9.94. The molecule has 0 bridgehead atoms. The van der Waals surface area contributed by atoms with Gasteiger partial charge in [-0.05, 0) is 18.2 Å². The second-order valence-corrected chi connectivity index (χ2v) is 4.02. The van der Waals surface area contributed by atoms with Crippen LogP contribution in [0.25, 0.3) is 22.4 Å². The minimum absolute atomic E-state index is 0.837. The van der Waals surface area contributed by atoms with Crippen molar-refractivity contribution in [1.29, 1.82) is 0 Å². The van der Waals surface area contributed by atoms with Crippen LogP contribution in [0, 0.1) is 0 Å². The first-order valence-electron chi connectivity index (χ1n) is 5.64. The number of aromatic nitrogens is 5. The molecule has 0 fully saturated rings. The smallest absolute Gasteiger partial charge is 0.164 e. The van der Waals surface area contributed by atoms with Gasteiger partial charge in [0.1, 0.15) is 11.8 Å². The Kier molecular flexibility index (Phi) is 1.77. The molecule has 86 valence electrons. The van der Waals surface area contributed by atoms with Crippen molar-refractivity contribution in [2.75, 3.05) is 0 Å². The van der Waals surface area contributed by atoms with Gasteiger partial charge in [0.15, 0.2) is 5.82 Å². The number of benzene rings is 1. The predicted molar refractivity (Wildman–Crippen MR) is 67.6 cm³/mol. The van der Waals surface area contributed by atoms with Gasteiger partial charge in [0.25, 0.3) is 0 Å². The molecule has 0 aliphatic rings. The number of fused-ring (bicyclic) bond motifs is 2. The van der Waals surface area contributed by atoms with Crippen molar-refractivity contribution < 1.29 is 0 Å². The normalized spacial score (nSPS) is 11.3. The Morgan fingerprint density at radius 3 is 2.83 bits per heavy atom. The summed E-state index contributed by atoms with van der Waals surface area (Å²) in [6.07, 6.45) is 7.13. The van der Waals surface area contributed by atoms with Crippen molar-refractivity contribution in [2.45, 2.75) is 0 Å². The van der Waals surface area contributed by atoms with Gasteiger partial charge in [-0.25, -0.2) is 14.5 Å². The van der Waals surface area contributed by atoms with Crippen LogP contribution in [-0.2, 0) is 0 Å². The lowest BCUT2D eigenvalue weighted by Crippen LogP contribution is -1.99. The molecule has 18 heavy (non-hydrogen) atoms. The Morgan fingerprint density at radius 2 is 1.83 bits per heavy atom. The van der Waals surface area contributed by atoms with Crippen LogP contribution in [0.4, 0.5) is 0 Å². The van der Waals surface area contributed by atoms with Crippen LogP contribution in [0.1, 0.15) is 0 Å². The summed E-state index contributed by atoms with van der Waals surface area (Å²) in [5.74, 6) is 0.837. The lowest BCUT2D eigenvalue weighted by atomic mass is 10.3. The SMILES string of the molecule is c1ccc2c(c1)ncn2-c1nccn2nccc12. The van der Waals surface area contributed by atoms with E-state index in [9.17, 15) is 0 Å². The third-order valence-electron chi connectivity index (χ3n) is 2.99. The number of para-hydroxylation sites is 2. The summed E-state index contributed by atoms with van der Waals surface area (Å²) in [4.78, 5) is 8.81. The largest absolute Gasteiger partial charge is 0.281 e. The topological polar surface area (TPSA) is 48.0 Å². The van der Waals surface area contributed by atoms with Crippen molar-refractivity contribution in [2.24, 2.45) is 0 Å². The maximum Gasteiger partial charge on any atom is 0.164 e. The third kappa shape index (κ3) is 1.18. The average molecular weight is 235 g/mol. The first-order valence-corrected chi connectivity index (χ1v) is 5.64. The van der Waals surface area contributed by atoms with E-state index in [-0.39, 0.29) is 0 Å². The molecular formula is C13H9N5. The van der Waals surface area contributed by atoms with Crippen LogP contribution in [-0.4, -0.2) is 24.1 Å². The molecule has 0 radical (unpaired) electrons. The van der Waals surface area contributed by atoms with Gasteiger partial charge in [-0.1, -0.05) is 12.1 Å². The molecular weight excluding hydrogens is 226 g/mol. The van der Waals surface area contributed by atoms with Gasteiger partial charge in [0.05, 0.1) is 17.2 Å². The van der Waals surface area contributed by atoms with E-state index in [1.807, 2.05) is 41.1 Å². The average Bonchev–Trinajstić information content (AvgIpc) is 3.05. The molecule has 0 aliphatic heterocycles. The quantitative estimate of drug-likeness (QED) is 0.507. The van der Waals surface area contributed by atoms with E-state index in [4.69, 9.17) is 0 Å². The summed E-state index contributed by atoms with van der Waals surface area (Å²) in [6.45, 7) is 0. The summed E-state index contributed by atoms with van der Waals surface area (Å²) in [5, 5.41) is 4.21. The molecule has 4 aromatic rings. The maximum atomic E-state index is 4.43. The standard InChI is InChI=1S/C13H9N5/c1-2-4-11-10(3-1)15-9-17(11)13-12-5-6-16-18(12)8-7-14-13/h1-9H. The second-order valence-electron chi connectivity index (χ2n) is 4.02. The summed E-state index contributed by atoms with van der Waals surface area (Å²) < 4.78 is 3.78. The van der Waals surface area contributed by atoms with Crippen molar-refractivity contribution >= 4 is 16.6 Å². The van der Waals surface area contributed by atoms with Crippen molar-refractivity contribution in [3.8, 4) is 5.82 Å². The molecule has 5 heteroatoms. The highest BCUT2D eigenvalue weighted by atomic mass is 15.2. The predicted octanol–water partition coefficient (Wildman–Crippen LogP) is 2.07. The molecule has 0 aliphatic carbocycles. The summed E-state index contributed by atoms with van der Waals surface area (Å²) in [5.41, 5.74) is 2.96. The molecule has 5 nitrogen and oxygen atoms in total.